The van der Waals surface area contributed by atoms with E-state index in [9.17, 15) is 28.1 Å². The smallest absolute Gasteiger partial charge is 0.378 e. The van der Waals surface area contributed by atoms with Crippen molar-refractivity contribution in [2.45, 2.75) is 32.5 Å². The summed E-state index contributed by atoms with van der Waals surface area (Å²) in [6.45, 7) is 2.11. The summed E-state index contributed by atoms with van der Waals surface area (Å²) in [4.78, 5) is 22.2. The van der Waals surface area contributed by atoms with Crippen molar-refractivity contribution in [1.29, 1.82) is 0 Å². The molecule has 2 aromatic rings. The minimum Gasteiger partial charge on any atom is -0.378 e. The maximum atomic E-state index is 12.7. The zero-order chi connectivity index (χ0) is 21.6. The molecular formula is C16H19F3N6O3S. The number of nitro benzene ring substituents is 1. The summed E-state index contributed by atoms with van der Waals surface area (Å²) in [6, 6.07) is 2.21. The Hall–Kier alpha value is -2.96. The van der Waals surface area contributed by atoms with E-state index in [1.165, 1.54) is 0 Å². The highest BCUT2D eigenvalue weighted by Gasteiger charge is 2.33. The fraction of sp³-hybridized carbons (Fsp3) is 0.438. The van der Waals surface area contributed by atoms with Crippen molar-refractivity contribution in [3.63, 3.8) is 0 Å². The summed E-state index contributed by atoms with van der Waals surface area (Å²) < 4.78 is 40.0. The summed E-state index contributed by atoms with van der Waals surface area (Å²) in [5.74, 6) is 0.315. The predicted octanol–water partition coefficient (Wildman–Crippen LogP) is 3.05. The lowest BCUT2D eigenvalue weighted by Crippen LogP contribution is -2.32. The van der Waals surface area contributed by atoms with Gasteiger partial charge in [0.05, 0.1) is 10.5 Å². The van der Waals surface area contributed by atoms with Crippen LogP contribution in [0.2, 0.25) is 0 Å². The van der Waals surface area contributed by atoms with Crippen LogP contribution in [-0.2, 0) is 23.9 Å². The number of alkyl halides is 3. The third kappa shape index (κ3) is 6.01. The van der Waals surface area contributed by atoms with E-state index in [0.717, 1.165) is 18.6 Å². The molecule has 2 rings (SSSR count). The van der Waals surface area contributed by atoms with E-state index in [4.69, 9.17) is 12.2 Å². The molecule has 1 aromatic carbocycles. The highest BCUT2D eigenvalue weighted by atomic mass is 32.1. The van der Waals surface area contributed by atoms with E-state index in [1.54, 1.807) is 4.57 Å². The van der Waals surface area contributed by atoms with Crippen LogP contribution in [0.25, 0.3) is 0 Å². The van der Waals surface area contributed by atoms with Crippen LogP contribution in [0.3, 0.4) is 0 Å². The number of nitrogens with zero attached hydrogens (tertiary/aromatic N) is 3. The monoisotopic (exact) mass is 432 g/mol. The SMILES string of the molecule is CCCc1n[nH]c(=S)n1CC(=O)NCCNc1ccc(C(F)(F)F)cc1[N+](=O)[O-]. The topological polar surface area (TPSA) is 118 Å². The van der Waals surface area contributed by atoms with Crippen LogP contribution in [0.4, 0.5) is 24.5 Å². The van der Waals surface area contributed by atoms with Gasteiger partial charge < -0.3 is 10.6 Å². The largest absolute Gasteiger partial charge is 0.416 e. The minimum absolute atomic E-state index is 0.0366. The third-order valence-electron chi connectivity index (χ3n) is 3.90. The molecule has 0 radical (unpaired) electrons. The summed E-state index contributed by atoms with van der Waals surface area (Å²) in [5.41, 5.74) is -1.87. The van der Waals surface area contributed by atoms with E-state index in [1.807, 2.05) is 6.92 Å². The number of H-pyrrole nitrogens is 1. The second-order valence-electron chi connectivity index (χ2n) is 6.04. The Morgan fingerprint density at radius 2 is 2.10 bits per heavy atom. The normalized spacial score (nSPS) is 11.3. The number of aromatic nitrogens is 3. The summed E-state index contributed by atoms with van der Waals surface area (Å²) >= 11 is 5.09. The number of hydrogen-bond donors (Lipinski definition) is 3. The fourth-order valence-electron chi connectivity index (χ4n) is 2.53. The number of rotatable bonds is 9. The van der Waals surface area contributed by atoms with E-state index < -0.39 is 22.4 Å². The van der Waals surface area contributed by atoms with E-state index in [2.05, 4.69) is 20.8 Å². The predicted molar refractivity (Wildman–Crippen MR) is 101 cm³/mol. The molecule has 0 saturated carbocycles. The highest BCUT2D eigenvalue weighted by Crippen LogP contribution is 2.34. The van der Waals surface area contributed by atoms with Gasteiger partial charge >= 0.3 is 6.18 Å². The first kappa shape index (κ1) is 22.3. The minimum atomic E-state index is -4.68. The van der Waals surface area contributed by atoms with Gasteiger partial charge in [-0.15, -0.1) is 0 Å². The van der Waals surface area contributed by atoms with E-state index >= 15 is 0 Å². The standard InChI is InChI=1S/C16H19F3N6O3S/c1-2-3-13-22-23-15(29)24(13)9-14(26)21-7-6-20-11-5-4-10(16(17,18)19)8-12(11)25(27)28/h4-5,8,20H,2-3,6-7,9H2,1H3,(H,21,26)(H,23,29). The average molecular weight is 432 g/mol. The van der Waals surface area contributed by atoms with Crippen molar-refractivity contribution in [1.82, 2.24) is 20.1 Å². The van der Waals surface area contributed by atoms with Crippen LogP contribution < -0.4 is 10.6 Å². The number of aryl methyl sites for hydroxylation is 1. The summed E-state index contributed by atoms with van der Waals surface area (Å²) in [5, 5.41) is 23.0. The number of benzene rings is 1. The Balaban J connectivity index is 1.92. The van der Waals surface area contributed by atoms with E-state index in [-0.39, 0.29) is 31.2 Å². The van der Waals surface area contributed by atoms with Gasteiger partial charge in [-0.25, -0.2) is 0 Å². The van der Waals surface area contributed by atoms with Crippen LogP contribution in [0.1, 0.15) is 24.7 Å². The molecule has 29 heavy (non-hydrogen) atoms. The number of halogens is 3. The third-order valence-corrected chi connectivity index (χ3v) is 4.21. The van der Waals surface area contributed by atoms with Crippen molar-refractivity contribution in [3.8, 4) is 0 Å². The molecule has 0 aliphatic rings. The number of amides is 1. The van der Waals surface area contributed by atoms with Crippen molar-refractivity contribution in [2.75, 3.05) is 18.4 Å². The van der Waals surface area contributed by atoms with Gasteiger partial charge in [0.25, 0.3) is 5.69 Å². The average Bonchev–Trinajstić information content (AvgIpc) is 2.98. The zero-order valence-electron chi connectivity index (χ0n) is 15.4. The summed E-state index contributed by atoms with van der Waals surface area (Å²) in [7, 11) is 0. The molecule has 0 bridgehead atoms. The van der Waals surface area contributed by atoms with Crippen LogP contribution in [0.15, 0.2) is 18.2 Å². The van der Waals surface area contributed by atoms with Crippen molar-refractivity contribution >= 4 is 29.5 Å². The van der Waals surface area contributed by atoms with Gasteiger partial charge in [0.15, 0.2) is 4.77 Å². The quantitative estimate of drug-likeness (QED) is 0.243. The first-order valence-electron chi connectivity index (χ1n) is 8.63. The molecular weight excluding hydrogens is 413 g/mol. The number of hydrogen-bond acceptors (Lipinski definition) is 6. The van der Waals surface area contributed by atoms with Gasteiger partial charge in [0.2, 0.25) is 5.91 Å². The maximum absolute atomic E-state index is 12.7. The molecule has 9 nitrogen and oxygen atoms in total. The Labute approximate surface area is 168 Å². The van der Waals surface area contributed by atoms with Crippen molar-refractivity contribution < 1.29 is 22.9 Å². The number of anilines is 1. The lowest BCUT2D eigenvalue weighted by Gasteiger charge is -2.11. The fourth-order valence-corrected chi connectivity index (χ4v) is 2.75. The molecule has 1 amide bonds. The lowest BCUT2D eigenvalue weighted by molar-refractivity contribution is -0.384. The van der Waals surface area contributed by atoms with Crippen LogP contribution in [-0.4, -0.2) is 38.7 Å². The van der Waals surface area contributed by atoms with Crippen molar-refractivity contribution in [3.05, 3.63) is 44.5 Å². The molecule has 0 atom stereocenters. The van der Waals surface area contributed by atoms with Crippen LogP contribution in [0, 0.1) is 14.9 Å². The maximum Gasteiger partial charge on any atom is 0.416 e. The second kappa shape index (κ2) is 9.49. The van der Waals surface area contributed by atoms with E-state index in [0.29, 0.717) is 23.1 Å². The van der Waals surface area contributed by atoms with Gasteiger partial charge in [-0.05, 0) is 30.8 Å². The molecule has 0 saturated heterocycles. The molecule has 3 N–H and O–H groups in total. The lowest BCUT2D eigenvalue weighted by atomic mass is 10.1. The Kier molecular flexibility index (Phi) is 7.31. The van der Waals surface area contributed by atoms with Gasteiger partial charge in [-0.3, -0.25) is 24.6 Å². The first-order chi connectivity index (χ1) is 13.6. The molecule has 0 fully saturated rings. The Bertz CT molecular complexity index is 941. The Morgan fingerprint density at radius 3 is 2.72 bits per heavy atom. The van der Waals surface area contributed by atoms with Gasteiger partial charge in [-0.1, -0.05) is 6.92 Å². The second-order valence-corrected chi connectivity index (χ2v) is 6.43. The molecule has 13 heteroatoms. The zero-order valence-corrected chi connectivity index (χ0v) is 16.2. The molecule has 0 unspecified atom stereocenters. The molecule has 1 heterocycles. The van der Waals surface area contributed by atoms with Crippen LogP contribution >= 0.6 is 12.2 Å². The Morgan fingerprint density at radius 1 is 1.38 bits per heavy atom. The van der Waals surface area contributed by atoms with Crippen LogP contribution in [0.5, 0.6) is 0 Å². The van der Waals surface area contributed by atoms with Gasteiger partial charge in [0, 0.05) is 25.6 Å². The highest BCUT2D eigenvalue weighted by molar-refractivity contribution is 7.71. The first-order valence-corrected chi connectivity index (χ1v) is 9.04. The van der Waals surface area contributed by atoms with Gasteiger partial charge in [0.1, 0.15) is 18.1 Å². The molecule has 1 aromatic heterocycles. The number of carbonyl (C=O) groups is 1. The van der Waals surface area contributed by atoms with Crippen molar-refractivity contribution in [2.24, 2.45) is 0 Å². The number of nitro groups is 1. The van der Waals surface area contributed by atoms with Gasteiger partial charge in [-0.2, -0.15) is 18.3 Å². The number of carbonyl (C=O) groups excluding carboxylic acids is 1. The number of nitrogens with one attached hydrogen (secondary N) is 3. The summed E-state index contributed by atoms with van der Waals surface area (Å²) in [6.07, 6.45) is -3.20. The molecule has 158 valence electrons. The number of aromatic amines is 1. The molecule has 0 spiro atoms. The molecule has 0 aliphatic carbocycles. The molecule has 0 aliphatic heterocycles.